The molecule has 236 valence electrons. The van der Waals surface area contributed by atoms with Crippen molar-refractivity contribution in [3.05, 3.63) is 130 Å². The van der Waals surface area contributed by atoms with Crippen LogP contribution in [0.15, 0.2) is 112 Å². The lowest BCUT2D eigenvalue weighted by molar-refractivity contribution is -0.140. The number of nitrogens with one attached hydrogen (secondary N) is 1. The summed E-state index contributed by atoms with van der Waals surface area (Å²) in [6, 6.07) is 30.0. The van der Waals surface area contributed by atoms with Gasteiger partial charge in [-0.05, 0) is 66.8 Å². The Labute approximate surface area is 275 Å². The van der Waals surface area contributed by atoms with E-state index in [4.69, 9.17) is 0 Å². The van der Waals surface area contributed by atoms with E-state index in [1.807, 2.05) is 87.5 Å². The molecule has 0 saturated carbocycles. The first-order valence-electron chi connectivity index (χ1n) is 15.2. The highest BCUT2D eigenvalue weighted by molar-refractivity contribution is 9.10. The van der Waals surface area contributed by atoms with Gasteiger partial charge in [-0.2, -0.15) is 0 Å². The summed E-state index contributed by atoms with van der Waals surface area (Å²) in [5.74, 6) is -0.768. The number of carbonyl (C=O) groups excluding carboxylic acids is 2. The summed E-state index contributed by atoms with van der Waals surface area (Å²) in [5.41, 5.74) is 3.85. The number of amides is 2. The molecular weight excluding hydrogens is 650 g/mol. The maximum absolute atomic E-state index is 14.6. The molecule has 0 heterocycles. The Morgan fingerprint density at radius 1 is 0.844 bits per heavy atom. The van der Waals surface area contributed by atoms with Crippen LogP contribution in [0.4, 0.5) is 5.69 Å². The number of anilines is 1. The van der Waals surface area contributed by atoms with Crippen LogP contribution < -0.4 is 9.62 Å². The fraction of sp³-hybridized carbons (Fsp3) is 0.278. The second kappa shape index (κ2) is 15.9. The molecule has 0 saturated heterocycles. The minimum absolute atomic E-state index is 0.0897. The van der Waals surface area contributed by atoms with E-state index in [0.717, 1.165) is 33.1 Å². The minimum Gasteiger partial charge on any atom is -0.354 e. The lowest BCUT2D eigenvalue weighted by atomic mass is 10.0. The number of para-hydroxylation sites is 1. The van der Waals surface area contributed by atoms with Gasteiger partial charge in [0.25, 0.3) is 10.0 Å². The van der Waals surface area contributed by atoms with E-state index in [-0.39, 0.29) is 23.8 Å². The molecule has 45 heavy (non-hydrogen) atoms. The Bertz CT molecular complexity index is 1700. The van der Waals surface area contributed by atoms with E-state index in [1.54, 1.807) is 36.4 Å². The molecule has 2 amide bonds. The summed E-state index contributed by atoms with van der Waals surface area (Å²) in [6.07, 6.45) is 1.58. The van der Waals surface area contributed by atoms with Crippen LogP contribution in [0.2, 0.25) is 0 Å². The van der Waals surface area contributed by atoms with Gasteiger partial charge in [0.1, 0.15) is 12.6 Å². The van der Waals surface area contributed by atoms with Crippen LogP contribution in [0.1, 0.15) is 42.5 Å². The molecule has 4 aromatic rings. The number of hydrogen-bond acceptors (Lipinski definition) is 4. The molecular formula is C36H40BrN3O4S. The van der Waals surface area contributed by atoms with Crippen molar-refractivity contribution in [3.63, 3.8) is 0 Å². The molecule has 4 rings (SSSR count). The Hall–Kier alpha value is -3.95. The van der Waals surface area contributed by atoms with Crippen LogP contribution in [0.25, 0.3) is 0 Å². The first-order valence-corrected chi connectivity index (χ1v) is 17.4. The quantitative estimate of drug-likeness (QED) is 0.160. The topological polar surface area (TPSA) is 86.8 Å². The highest BCUT2D eigenvalue weighted by Crippen LogP contribution is 2.29. The van der Waals surface area contributed by atoms with Crippen molar-refractivity contribution >= 4 is 43.5 Å². The Kier molecular flexibility index (Phi) is 12.0. The molecule has 0 aliphatic heterocycles. The van der Waals surface area contributed by atoms with Gasteiger partial charge in [0.2, 0.25) is 11.8 Å². The first-order chi connectivity index (χ1) is 21.6. The number of sulfonamides is 1. The van der Waals surface area contributed by atoms with E-state index in [1.165, 1.54) is 9.21 Å². The third-order valence-corrected chi connectivity index (χ3v) is 9.86. The Balaban J connectivity index is 1.82. The van der Waals surface area contributed by atoms with Gasteiger partial charge in [0, 0.05) is 24.0 Å². The summed E-state index contributed by atoms with van der Waals surface area (Å²) < 4.78 is 30.6. The Morgan fingerprint density at radius 3 is 2.18 bits per heavy atom. The summed E-state index contributed by atoms with van der Waals surface area (Å²) >= 11 is 3.52. The van der Waals surface area contributed by atoms with E-state index in [0.29, 0.717) is 18.7 Å². The predicted molar refractivity (Wildman–Crippen MR) is 183 cm³/mol. The van der Waals surface area contributed by atoms with E-state index < -0.39 is 28.5 Å². The molecule has 0 fully saturated rings. The largest absolute Gasteiger partial charge is 0.354 e. The normalized spacial score (nSPS) is 11.9. The third-order valence-electron chi connectivity index (χ3n) is 7.59. The molecule has 4 aromatic carbocycles. The number of benzene rings is 4. The number of halogens is 1. The van der Waals surface area contributed by atoms with Gasteiger partial charge in [0.05, 0.1) is 10.6 Å². The summed E-state index contributed by atoms with van der Waals surface area (Å²) in [6.45, 7) is 5.90. The van der Waals surface area contributed by atoms with Crippen molar-refractivity contribution in [1.29, 1.82) is 0 Å². The maximum atomic E-state index is 14.6. The molecule has 0 aliphatic carbocycles. The smallest absolute Gasteiger partial charge is 0.264 e. The fourth-order valence-electron chi connectivity index (χ4n) is 5.16. The summed E-state index contributed by atoms with van der Waals surface area (Å²) in [5, 5.41) is 2.98. The number of nitrogens with zero attached hydrogens (tertiary/aromatic N) is 2. The number of rotatable bonds is 14. The van der Waals surface area contributed by atoms with E-state index >= 15 is 0 Å². The van der Waals surface area contributed by atoms with Crippen LogP contribution in [0.3, 0.4) is 0 Å². The van der Waals surface area contributed by atoms with Crippen LogP contribution in [-0.4, -0.2) is 44.3 Å². The highest BCUT2D eigenvalue weighted by Gasteiger charge is 2.35. The minimum atomic E-state index is -4.15. The van der Waals surface area contributed by atoms with Gasteiger partial charge in [0.15, 0.2) is 0 Å². The van der Waals surface area contributed by atoms with Crippen molar-refractivity contribution in [2.24, 2.45) is 0 Å². The molecule has 9 heteroatoms. The van der Waals surface area contributed by atoms with Crippen molar-refractivity contribution in [2.45, 2.75) is 57.5 Å². The zero-order valence-electron chi connectivity index (χ0n) is 25.9. The van der Waals surface area contributed by atoms with E-state index in [9.17, 15) is 18.0 Å². The molecule has 0 aliphatic rings. The zero-order valence-corrected chi connectivity index (χ0v) is 28.4. The van der Waals surface area contributed by atoms with Crippen molar-refractivity contribution < 1.29 is 18.0 Å². The van der Waals surface area contributed by atoms with Crippen molar-refractivity contribution in [2.75, 3.05) is 17.4 Å². The van der Waals surface area contributed by atoms with Gasteiger partial charge >= 0.3 is 0 Å². The number of hydrogen-bond donors (Lipinski definition) is 1. The van der Waals surface area contributed by atoms with Gasteiger partial charge in [-0.15, -0.1) is 0 Å². The predicted octanol–water partition coefficient (Wildman–Crippen LogP) is 6.68. The third kappa shape index (κ3) is 8.83. The van der Waals surface area contributed by atoms with E-state index in [2.05, 4.69) is 21.2 Å². The standard InChI is InChI=1S/C36H40BrN3O4S/c1-4-22-38-36(42)34(24-28-12-7-6-8-13-28)39(25-29-14-11-16-31(37)23-29)35(41)26-40(33-17-10-9-15-30(33)5-2)45(43,44)32-20-18-27(3)19-21-32/h6-21,23,34H,4-5,22,24-26H2,1-3H3,(H,38,42)/t34-/m1/s1. The molecule has 0 bridgehead atoms. The molecule has 7 nitrogen and oxygen atoms in total. The van der Waals surface area contributed by atoms with Crippen LogP contribution in [0, 0.1) is 6.92 Å². The van der Waals surface area contributed by atoms with Crippen molar-refractivity contribution in [1.82, 2.24) is 10.2 Å². The van der Waals surface area contributed by atoms with Gasteiger partial charge in [-0.3, -0.25) is 13.9 Å². The number of aryl methyl sites for hydroxylation is 2. The maximum Gasteiger partial charge on any atom is 0.264 e. The Morgan fingerprint density at radius 2 is 1.51 bits per heavy atom. The van der Waals surface area contributed by atoms with Crippen LogP contribution in [-0.2, 0) is 39.0 Å². The molecule has 1 atom stereocenters. The monoisotopic (exact) mass is 689 g/mol. The highest BCUT2D eigenvalue weighted by atomic mass is 79.9. The van der Waals surface area contributed by atoms with Crippen molar-refractivity contribution in [3.8, 4) is 0 Å². The SMILES string of the molecule is CCCNC(=O)[C@@H](Cc1ccccc1)N(Cc1cccc(Br)c1)C(=O)CN(c1ccccc1CC)S(=O)(=O)c1ccc(C)cc1. The first kappa shape index (κ1) is 33.9. The van der Waals surface area contributed by atoms with Gasteiger partial charge < -0.3 is 10.2 Å². The average molecular weight is 691 g/mol. The van der Waals surface area contributed by atoms with Crippen LogP contribution in [0.5, 0.6) is 0 Å². The molecule has 0 unspecified atom stereocenters. The molecule has 0 aromatic heterocycles. The zero-order chi connectivity index (χ0) is 32.4. The van der Waals surface area contributed by atoms with Crippen LogP contribution >= 0.6 is 15.9 Å². The molecule has 0 spiro atoms. The second-order valence-corrected chi connectivity index (χ2v) is 13.7. The molecule has 0 radical (unpaired) electrons. The number of carbonyl (C=O) groups is 2. The summed E-state index contributed by atoms with van der Waals surface area (Å²) in [7, 11) is -4.15. The van der Waals surface area contributed by atoms with Gasteiger partial charge in [-0.1, -0.05) is 108 Å². The lowest BCUT2D eigenvalue weighted by Gasteiger charge is -2.34. The lowest BCUT2D eigenvalue weighted by Crippen LogP contribution is -2.53. The molecule has 1 N–H and O–H groups in total. The summed E-state index contributed by atoms with van der Waals surface area (Å²) in [4.78, 5) is 30.0. The second-order valence-electron chi connectivity index (χ2n) is 11.0. The average Bonchev–Trinajstić information content (AvgIpc) is 3.04. The van der Waals surface area contributed by atoms with Gasteiger partial charge in [-0.25, -0.2) is 8.42 Å². The fourth-order valence-corrected chi connectivity index (χ4v) is 7.05.